The first-order valence-electron chi connectivity index (χ1n) is 8.44. The first-order valence-corrected chi connectivity index (χ1v) is 8.44. The summed E-state index contributed by atoms with van der Waals surface area (Å²) in [5.74, 6) is 0.562. The summed E-state index contributed by atoms with van der Waals surface area (Å²) in [6.45, 7) is 0.801. The van der Waals surface area contributed by atoms with Crippen LogP contribution in [-0.2, 0) is 0 Å². The van der Waals surface area contributed by atoms with Gasteiger partial charge in [-0.25, -0.2) is 9.18 Å². The van der Waals surface area contributed by atoms with Crippen molar-refractivity contribution in [1.82, 2.24) is 25.1 Å². The summed E-state index contributed by atoms with van der Waals surface area (Å²) in [6.07, 6.45) is 2.96. The van der Waals surface area contributed by atoms with Crippen molar-refractivity contribution >= 4 is 11.7 Å². The second-order valence-electron chi connectivity index (χ2n) is 6.56. The summed E-state index contributed by atoms with van der Waals surface area (Å²) in [4.78, 5) is 13.8. The maximum absolute atomic E-state index is 14.1. The largest absolute Gasteiger partial charge is 0.391 e. The van der Waals surface area contributed by atoms with E-state index in [1.807, 2.05) is 0 Å². The Kier molecular flexibility index (Phi) is 4.08. The lowest BCUT2D eigenvalue weighted by atomic mass is 10.1. The van der Waals surface area contributed by atoms with Gasteiger partial charge in [0.05, 0.1) is 17.5 Å². The van der Waals surface area contributed by atoms with Crippen LogP contribution in [0.2, 0.25) is 0 Å². The highest BCUT2D eigenvalue weighted by Crippen LogP contribution is 2.39. The van der Waals surface area contributed by atoms with Crippen molar-refractivity contribution in [3.63, 3.8) is 0 Å². The Labute approximate surface area is 143 Å². The van der Waals surface area contributed by atoms with Crippen LogP contribution >= 0.6 is 0 Å². The first-order chi connectivity index (χ1) is 12.1. The van der Waals surface area contributed by atoms with Gasteiger partial charge in [0.15, 0.2) is 5.82 Å². The number of halogens is 1. The van der Waals surface area contributed by atoms with E-state index < -0.39 is 18.0 Å². The predicted octanol–water partition coefficient (Wildman–Crippen LogP) is 1.67. The van der Waals surface area contributed by atoms with Crippen molar-refractivity contribution < 1.29 is 14.3 Å². The molecule has 2 aromatic rings. The molecule has 1 saturated heterocycles. The maximum Gasteiger partial charge on any atom is 0.322 e. The molecule has 1 aliphatic heterocycles. The molecule has 2 N–H and O–H groups in total. The standard InChI is InChI=1S/C16H19FN6O2/c17-13-6-5-11(23-15(10-3-4-10)19-20-21-23)8-14(13)18-16(25)22-7-1-2-12(24)9-22/h5-6,8,10,12,24H,1-4,7,9H2,(H,18,25). The van der Waals surface area contributed by atoms with Gasteiger partial charge in [0.2, 0.25) is 0 Å². The van der Waals surface area contributed by atoms with E-state index in [0.29, 0.717) is 24.6 Å². The minimum absolute atomic E-state index is 0.0693. The highest BCUT2D eigenvalue weighted by molar-refractivity contribution is 5.89. The Hall–Kier alpha value is -2.55. The van der Waals surface area contributed by atoms with Gasteiger partial charge in [-0.05, 0) is 54.3 Å². The van der Waals surface area contributed by atoms with E-state index in [9.17, 15) is 14.3 Å². The Morgan fingerprint density at radius 3 is 2.92 bits per heavy atom. The maximum atomic E-state index is 14.1. The summed E-state index contributed by atoms with van der Waals surface area (Å²) in [5, 5.41) is 24.0. The normalized spacial score (nSPS) is 20.6. The molecule has 1 unspecified atom stereocenters. The van der Waals surface area contributed by atoms with Crippen molar-refractivity contribution in [2.45, 2.75) is 37.7 Å². The second kappa shape index (κ2) is 6.40. The zero-order valence-electron chi connectivity index (χ0n) is 13.6. The van der Waals surface area contributed by atoms with Crippen LogP contribution in [0.3, 0.4) is 0 Å². The smallest absolute Gasteiger partial charge is 0.322 e. The van der Waals surface area contributed by atoms with E-state index in [1.54, 1.807) is 10.7 Å². The number of likely N-dealkylation sites (tertiary alicyclic amines) is 1. The molecular weight excluding hydrogens is 327 g/mol. The number of aromatic nitrogens is 4. The summed E-state index contributed by atoms with van der Waals surface area (Å²) in [7, 11) is 0. The summed E-state index contributed by atoms with van der Waals surface area (Å²) >= 11 is 0. The lowest BCUT2D eigenvalue weighted by Gasteiger charge is -2.30. The molecule has 2 heterocycles. The predicted molar refractivity (Wildman–Crippen MR) is 86.9 cm³/mol. The molecule has 1 saturated carbocycles. The van der Waals surface area contributed by atoms with Crippen molar-refractivity contribution in [3.05, 3.63) is 29.8 Å². The molecule has 1 aromatic heterocycles. The van der Waals surface area contributed by atoms with E-state index in [4.69, 9.17) is 0 Å². The van der Waals surface area contributed by atoms with Crippen molar-refractivity contribution in [1.29, 1.82) is 0 Å². The molecule has 1 atom stereocenters. The number of anilines is 1. The monoisotopic (exact) mass is 346 g/mol. The Bertz CT molecular complexity index is 791. The van der Waals surface area contributed by atoms with Gasteiger partial charge in [-0.2, -0.15) is 4.68 Å². The van der Waals surface area contributed by atoms with Crippen LogP contribution in [0.15, 0.2) is 18.2 Å². The number of carbonyl (C=O) groups is 1. The highest BCUT2D eigenvalue weighted by Gasteiger charge is 2.30. The van der Waals surface area contributed by atoms with Gasteiger partial charge in [-0.1, -0.05) is 0 Å². The van der Waals surface area contributed by atoms with E-state index in [-0.39, 0.29) is 12.2 Å². The molecule has 132 valence electrons. The molecular formula is C16H19FN6O2. The fourth-order valence-corrected chi connectivity index (χ4v) is 3.05. The first kappa shape index (κ1) is 15.9. The Morgan fingerprint density at radius 1 is 1.32 bits per heavy atom. The van der Waals surface area contributed by atoms with E-state index in [0.717, 1.165) is 25.1 Å². The number of urea groups is 1. The molecule has 8 nitrogen and oxygen atoms in total. The quantitative estimate of drug-likeness (QED) is 0.881. The molecule has 25 heavy (non-hydrogen) atoms. The second-order valence-corrected chi connectivity index (χ2v) is 6.56. The van der Waals surface area contributed by atoms with E-state index in [2.05, 4.69) is 20.8 Å². The van der Waals surface area contributed by atoms with Crippen LogP contribution in [-0.4, -0.2) is 55.4 Å². The van der Waals surface area contributed by atoms with Gasteiger partial charge in [0, 0.05) is 19.0 Å². The number of amides is 2. The van der Waals surface area contributed by atoms with Crippen molar-refractivity contribution in [3.8, 4) is 5.69 Å². The SMILES string of the molecule is O=C(Nc1cc(-n2nnnc2C2CC2)ccc1F)N1CCCC(O)C1. The van der Waals surface area contributed by atoms with Crippen LogP contribution in [0, 0.1) is 5.82 Å². The molecule has 2 aliphatic rings. The number of nitrogens with zero attached hydrogens (tertiary/aromatic N) is 5. The topological polar surface area (TPSA) is 96.2 Å². The number of benzene rings is 1. The number of piperidine rings is 1. The number of rotatable bonds is 3. The molecule has 0 spiro atoms. The zero-order chi connectivity index (χ0) is 17.4. The molecule has 2 amide bonds. The number of β-amino-alcohol motifs (C(OH)–C–C–N with tert-alkyl or cyclic N) is 1. The van der Waals surface area contributed by atoms with Gasteiger partial charge in [-0.3, -0.25) is 0 Å². The minimum Gasteiger partial charge on any atom is -0.391 e. The van der Waals surface area contributed by atoms with E-state index in [1.165, 1.54) is 17.0 Å². The minimum atomic E-state index is -0.532. The zero-order valence-corrected chi connectivity index (χ0v) is 13.6. The lowest BCUT2D eigenvalue weighted by molar-refractivity contribution is 0.0883. The molecule has 2 fully saturated rings. The summed E-state index contributed by atoms with van der Waals surface area (Å²) < 4.78 is 15.7. The number of aliphatic hydroxyl groups excluding tert-OH is 1. The number of carbonyl (C=O) groups excluding carboxylic acids is 1. The summed E-state index contributed by atoms with van der Waals surface area (Å²) in [6, 6.07) is 3.97. The lowest BCUT2D eigenvalue weighted by Crippen LogP contribution is -2.44. The van der Waals surface area contributed by atoms with Gasteiger partial charge < -0.3 is 15.3 Å². The average Bonchev–Trinajstić information content (AvgIpc) is 3.34. The third-order valence-electron chi connectivity index (χ3n) is 4.56. The number of hydrogen-bond acceptors (Lipinski definition) is 5. The third-order valence-corrected chi connectivity index (χ3v) is 4.56. The molecule has 4 rings (SSSR count). The molecule has 9 heteroatoms. The van der Waals surface area contributed by atoms with Crippen LogP contribution in [0.25, 0.3) is 5.69 Å². The van der Waals surface area contributed by atoms with Crippen LogP contribution in [0.4, 0.5) is 14.9 Å². The average molecular weight is 346 g/mol. The fourth-order valence-electron chi connectivity index (χ4n) is 3.05. The van der Waals surface area contributed by atoms with Crippen LogP contribution in [0.1, 0.15) is 37.4 Å². The molecule has 0 radical (unpaired) electrons. The highest BCUT2D eigenvalue weighted by atomic mass is 19.1. The van der Waals surface area contributed by atoms with Crippen LogP contribution in [0.5, 0.6) is 0 Å². The van der Waals surface area contributed by atoms with Crippen molar-refractivity contribution in [2.75, 3.05) is 18.4 Å². The number of tetrazole rings is 1. The van der Waals surface area contributed by atoms with E-state index >= 15 is 0 Å². The third kappa shape index (κ3) is 3.32. The van der Waals surface area contributed by atoms with Gasteiger partial charge in [0.25, 0.3) is 0 Å². The fraction of sp³-hybridized carbons (Fsp3) is 0.500. The number of nitrogens with one attached hydrogen (secondary N) is 1. The van der Waals surface area contributed by atoms with Crippen LogP contribution < -0.4 is 5.32 Å². The van der Waals surface area contributed by atoms with Gasteiger partial charge >= 0.3 is 6.03 Å². The molecule has 1 aliphatic carbocycles. The van der Waals surface area contributed by atoms with Gasteiger partial charge in [-0.15, -0.1) is 5.10 Å². The number of hydrogen-bond donors (Lipinski definition) is 2. The van der Waals surface area contributed by atoms with Gasteiger partial charge in [0.1, 0.15) is 5.82 Å². The number of aliphatic hydroxyl groups is 1. The molecule has 0 bridgehead atoms. The summed E-state index contributed by atoms with van der Waals surface area (Å²) in [5.41, 5.74) is 0.669. The Morgan fingerprint density at radius 2 is 2.16 bits per heavy atom. The Balaban J connectivity index is 1.55. The molecule has 1 aromatic carbocycles. The van der Waals surface area contributed by atoms with Crippen molar-refractivity contribution in [2.24, 2.45) is 0 Å².